The SMILES string of the molecule is CCOc1cccc(-c2cc(C(=O)N/N=C\c3ccc(Cl)cc3Cl)[nH]n2)c1. The topological polar surface area (TPSA) is 79.4 Å². The Kier molecular flexibility index (Phi) is 6.11. The van der Waals surface area contributed by atoms with Crippen LogP contribution in [0.2, 0.25) is 10.0 Å². The van der Waals surface area contributed by atoms with Crippen LogP contribution in [0, 0.1) is 0 Å². The van der Waals surface area contributed by atoms with E-state index < -0.39 is 5.91 Å². The van der Waals surface area contributed by atoms with Gasteiger partial charge in [0, 0.05) is 16.1 Å². The van der Waals surface area contributed by atoms with E-state index in [1.54, 1.807) is 24.3 Å². The van der Waals surface area contributed by atoms with E-state index in [9.17, 15) is 4.79 Å². The molecule has 0 saturated heterocycles. The molecule has 0 aliphatic rings. The molecule has 0 aliphatic carbocycles. The first-order chi connectivity index (χ1) is 13.1. The number of hydrogen-bond donors (Lipinski definition) is 2. The molecule has 27 heavy (non-hydrogen) atoms. The third-order valence-electron chi connectivity index (χ3n) is 3.60. The fourth-order valence-electron chi connectivity index (χ4n) is 2.32. The molecular formula is C19H16Cl2N4O2. The number of nitrogens with one attached hydrogen (secondary N) is 2. The van der Waals surface area contributed by atoms with Gasteiger partial charge in [0.2, 0.25) is 0 Å². The number of hydrogen-bond acceptors (Lipinski definition) is 4. The largest absolute Gasteiger partial charge is 0.494 e. The van der Waals surface area contributed by atoms with Gasteiger partial charge in [-0.3, -0.25) is 9.89 Å². The first kappa shape index (κ1) is 18.9. The number of benzene rings is 2. The van der Waals surface area contributed by atoms with Crippen LogP contribution < -0.4 is 10.2 Å². The number of H-pyrrole nitrogens is 1. The van der Waals surface area contributed by atoms with Gasteiger partial charge in [0.05, 0.1) is 23.5 Å². The summed E-state index contributed by atoms with van der Waals surface area (Å²) in [5, 5.41) is 11.8. The van der Waals surface area contributed by atoms with Gasteiger partial charge in [0.25, 0.3) is 5.91 Å². The summed E-state index contributed by atoms with van der Waals surface area (Å²) in [5.41, 5.74) is 4.82. The zero-order chi connectivity index (χ0) is 19.2. The number of halogens is 2. The van der Waals surface area contributed by atoms with Crippen LogP contribution in [-0.4, -0.2) is 28.9 Å². The monoisotopic (exact) mass is 402 g/mol. The molecule has 0 saturated carbocycles. The summed E-state index contributed by atoms with van der Waals surface area (Å²) < 4.78 is 5.48. The molecule has 0 radical (unpaired) electrons. The lowest BCUT2D eigenvalue weighted by Crippen LogP contribution is -2.18. The predicted molar refractivity (Wildman–Crippen MR) is 107 cm³/mol. The first-order valence-corrected chi connectivity index (χ1v) is 8.89. The van der Waals surface area contributed by atoms with Crippen LogP contribution in [0.25, 0.3) is 11.3 Å². The molecule has 2 aromatic carbocycles. The van der Waals surface area contributed by atoms with E-state index in [4.69, 9.17) is 27.9 Å². The highest BCUT2D eigenvalue weighted by Gasteiger charge is 2.11. The quantitative estimate of drug-likeness (QED) is 0.468. The van der Waals surface area contributed by atoms with E-state index in [0.29, 0.717) is 27.9 Å². The summed E-state index contributed by atoms with van der Waals surface area (Å²) in [6, 6.07) is 14.1. The minimum atomic E-state index is -0.420. The molecule has 0 atom stereocenters. The summed E-state index contributed by atoms with van der Waals surface area (Å²) in [7, 11) is 0. The standard InChI is InChI=1S/C19H16Cl2N4O2/c1-2-27-15-5-3-4-12(8-15)17-10-18(24-23-17)19(26)25-22-11-13-6-7-14(20)9-16(13)21/h3-11H,2H2,1H3,(H,23,24)(H,25,26)/b22-11-. The van der Waals surface area contributed by atoms with Crippen molar-refractivity contribution in [2.24, 2.45) is 5.10 Å². The number of carbonyl (C=O) groups excluding carboxylic acids is 1. The average Bonchev–Trinajstić information content (AvgIpc) is 3.14. The zero-order valence-electron chi connectivity index (χ0n) is 14.4. The Labute approximate surface area is 166 Å². The summed E-state index contributed by atoms with van der Waals surface area (Å²) >= 11 is 11.9. The third kappa shape index (κ3) is 4.87. The van der Waals surface area contributed by atoms with Crippen molar-refractivity contribution in [3.63, 3.8) is 0 Å². The van der Waals surface area contributed by atoms with Gasteiger partial charge < -0.3 is 4.74 Å². The molecule has 0 aliphatic heterocycles. The lowest BCUT2D eigenvalue weighted by molar-refractivity contribution is 0.0950. The van der Waals surface area contributed by atoms with Crippen molar-refractivity contribution in [1.82, 2.24) is 15.6 Å². The van der Waals surface area contributed by atoms with Crippen LogP contribution in [0.5, 0.6) is 5.75 Å². The van der Waals surface area contributed by atoms with Gasteiger partial charge in [-0.05, 0) is 37.3 Å². The second kappa shape index (κ2) is 8.70. The van der Waals surface area contributed by atoms with Crippen LogP contribution in [0.1, 0.15) is 23.0 Å². The summed E-state index contributed by atoms with van der Waals surface area (Å²) in [4.78, 5) is 12.2. The molecule has 6 nitrogen and oxygen atoms in total. The molecular weight excluding hydrogens is 387 g/mol. The van der Waals surface area contributed by atoms with Gasteiger partial charge in [0.15, 0.2) is 0 Å². The highest BCUT2D eigenvalue weighted by molar-refractivity contribution is 6.36. The molecule has 0 unspecified atom stereocenters. The molecule has 0 spiro atoms. The maximum atomic E-state index is 12.2. The highest BCUT2D eigenvalue weighted by Crippen LogP contribution is 2.23. The Morgan fingerprint density at radius 3 is 2.89 bits per heavy atom. The van der Waals surface area contributed by atoms with Crippen LogP contribution in [0.3, 0.4) is 0 Å². The van der Waals surface area contributed by atoms with Crippen molar-refractivity contribution in [3.8, 4) is 17.0 Å². The lowest BCUT2D eigenvalue weighted by Gasteiger charge is -2.03. The van der Waals surface area contributed by atoms with Crippen LogP contribution in [-0.2, 0) is 0 Å². The fourth-order valence-corrected chi connectivity index (χ4v) is 2.78. The molecule has 1 heterocycles. The Balaban J connectivity index is 1.68. The maximum Gasteiger partial charge on any atom is 0.289 e. The van der Waals surface area contributed by atoms with Gasteiger partial charge in [-0.1, -0.05) is 41.4 Å². The molecule has 0 bridgehead atoms. The lowest BCUT2D eigenvalue weighted by atomic mass is 10.1. The van der Waals surface area contributed by atoms with E-state index in [1.165, 1.54) is 6.21 Å². The molecule has 0 fully saturated rings. The van der Waals surface area contributed by atoms with Gasteiger partial charge >= 0.3 is 0 Å². The molecule has 3 rings (SSSR count). The summed E-state index contributed by atoms with van der Waals surface area (Å²) in [6.07, 6.45) is 1.44. The van der Waals surface area contributed by atoms with Crippen molar-refractivity contribution in [2.45, 2.75) is 6.92 Å². The second-order valence-electron chi connectivity index (χ2n) is 5.49. The molecule has 138 valence electrons. The number of carbonyl (C=O) groups is 1. The molecule has 1 amide bonds. The number of aromatic nitrogens is 2. The van der Waals surface area contributed by atoms with Gasteiger partial charge in [0.1, 0.15) is 11.4 Å². The molecule has 1 aromatic heterocycles. The van der Waals surface area contributed by atoms with Crippen LogP contribution >= 0.6 is 23.2 Å². The highest BCUT2D eigenvalue weighted by atomic mass is 35.5. The number of aromatic amines is 1. The van der Waals surface area contributed by atoms with Crippen molar-refractivity contribution in [1.29, 1.82) is 0 Å². The maximum absolute atomic E-state index is 12.2. The van der Waals surface area contributed by atoms with Crippen molar-refractivity contribution >= 4 is 35.3 Å². The zero-order valence-corrected chi connectivity index (χ0v) is 15.9. The molecule has 8 heteroatoms. The van der Waals surface area contributed by atoms with E-state index in [0.717, 1.165) is 11.3 Å². The van der Waals surface area contributed by atoms with Gasteiger partial charge in [-0.25, -0.2) is 5.43 Å². The normalized spacial score (nSPS) is 10.9. The average molecular weight is 403 g/mol. The summed E-state index contributed by atoms with van der Waals surface area (Å²) in [6.45, 7) is 2.49. The van der Waals surface area contributed by atoms with Crippen molar-refractivity contribution in [2.75, 3.05) is 6.61 Å². The number of hydrazone groups is 1. The van der Waals surface area contributed by atoms with Crippen LogP contribution in [0.4, 0.5) is 0 Å². The molecule has 2 N–H and O–H groups in total. The minimum absolute atomic E-state index is 0.283. The van der Waals surface area contributed by atoms with E-state index in [-0.39, 0.29) is 5.69 Å². The van der Waals surface area contributed by atoms with Crippen molar-refractivity contribution in [3.05, 3.63) is 69.8 Å². The smallest absolute Gasteiger partial charge is 0.289 e. The first-order valence-electron chi connectivity index (χ1n) is 8.14. The van der Waals surface area contributed by atoms with Crippen molar-refractivity contribution < 1.29 is 9.53 Å². The van der Waals surface area contributed by atoms with Gasteiger partial charge in [-0.15, -0.1) is 0 Å². The Bertz CT molecular complexity index is 985. The Hall–Kier alpha value is -2.83. The summed E-state index contributed by atoms with van der Waals surface area (Å²) in [5.74, 6) is 0.324. The Morgan fingerprint density at radius 2 is 2.11 bits per heavy atom. The van der Waals surface area contributed by atoms with Crippen LogP contribution in [0.15, 0.2) is 53.6 Å². The number of nitrogens with zero attached hydrogens (tertiary/aromatic N) is 2. The minimum Gasteiger partial charge on any atom is -0.494 e. The van der Waals surface area contributed by atoms with E-state index in [2.05, 4.69) is 20.7 Å². The van der Waals surface area contributed by atoms with E-state index in [1.807, 2.05) is 31.2 Å². The predicted octanol–water partition coefficient (Wildman–Crippen LogP) is 4.55. The van der Waals surface area contributed by atoms with E-state index >= 15 is 0 Å². The Morgan fingerprint density at radius 1 is 1.26 bits per heavy atom. The number of amides is 1. The van der Waals surface area contributed by atoms with Gasteiger partial charge in [-0.2, -0.15) is 10.2 Å². The number of ether oxygens (including phenoxy) is 1. The second-order valence-corrected chi connectivity index (χ2v) is 6.34. The molecule has 3 aromatic rings. The fraction of sp³-hybridized carbons (Fsp3) is 0.105. The number of rotatable bonds is 6. The third-order valence-corrected chi connectivity index (χ3v) is 4.16.